The van der Waals surface area contributed by atoms with Gasteiger partial charge in [0.2, 0.25) is 0 Å². The molecule has 0 aliphatic rings. The van der Waals surface area contributed by atoms with Crippen LogP contribution in [0.2, 0.25) is 0 Å². The molecule has 0 heterocycles. The smallest absolute Gasteiger partial charge is 0.172 e. The van der Waals surface area contributed by atoms with E-state index in [2.05, 4.69) is 6.58 Å². The number of halogens is 2. The van der Waals surface area contributed by atoms with E-state index in [4.69, 9.17) is 0 Å². The first-order chi connectivity index (χ1) is 7.56. The van der Waals surface area contributed by atoms with Gasteiger partial charge in [0, 0.05) is 10.9 Å². The zero-order valence-electron chi connectivity index (χ0n) is 8.72. The van der Waals surface area contributed by atoms with Crippen LogP contribution in [0.5, 0.6) is 5.75 Å². The molecule has 16 heavy (non-hydrogen) atoms. The lowest BCUT2D eigenvalue weighted by atomic mass is 9.98. The summed E-state index contributed by atoms with van der Waals surface area (Å²) in [5, 5.41) is 9.99. The summed E-state index contributed by atoms with van der Waals surface area (Å²) in [6, 6.07) is 3.77. The fraction of sp³-hybridized carbons (Fsp3) is 0.0769. The largest absolute Gasteiger partial charge is 0.505 e. The second-order valence-electron chi connectivity index (χ2n) is 3.61. The van der Waals surface area contributed by atoms with Crippen molar-refractivity contribution in [2.45, 2.75) is 6.92 Å². The Morgan fingerprint density at radius 1 is 1.31 bits per heavy atom. The molecule has 0 radical (unpaired) electrons. The lowest BCUT2D eigenvalue weighted by Crippen LogP contribution is -1.91. The molecule has 0 spiro atoms. The van der Waals surface area contributed by atoms with Crippen molar-refractivity contribution in [2.24, 2.45) is 0 Å². The Bertz CT molecular complexity index is 588. The van der Waals surface area contributed by atoms with E-state index in [1.54, 1.807) is 6.92 Å². The predicted octanol–water partition coefficient (Wildman–Crippen LogP) is 3.78. The third-order valence-corrected chi connectivity index (χ3v) is 2.61. The minimum absolute atomic E-state index is 0.203. The van der Waals surface area contributed by atoms with E-state index in [-0.39, 0.29) is 10.9 Å². The van der Waals surface area contributed by atoms with Crippen molar-refractivity contribution in [1.82, 2.24) is 0 Å². The topological polar surface area (TPSA) is 20.2 Å². The second kappa shape index (κ2) is 3.59. The van der Waals surface area contributed by atoms with Gasteiger partial charge in [0.05, 0.1) is 0 Å². The first-order valence-corrected chi connectivity index (χ1v) is 4.79. The Balaban J connectivity index is 3.05. The quantitative estimate of drug-likeness (QED) is 0.775. The Morgan fingerprint density at radius 3 is 2.62 bits per heavy atom. The molecule has 0 aromatic heterocycles. The Morgan fingerprint density at radius 2 is 2.00 bits per heavy atom. The van der Waals surface area contributed by atoms with E-state index in [0.717, 1.165) is 0 Å². The molecule has 1 nitrogen and oxygen atoms in total. The van der Waals surface area contributed by atoms with E-state index in [1.165, 1.54) is 24.3 Å². The fourth-order valence-electron chi connectivity index (χ4n) is 1.88. The van der Waals surface area contributed by atoms with E-state index in [1.807, 2.05) is 0 Å². The van der Waals surface area contributed by atoms with Crippen molar-refractivity contribution in [2.75, 3.05) is 0 Å². The standard InChI is InChI=1S/C13H10F2O/c1-3-8-10(14)5-4-9-12(8)7(2)6-11(16)13(9)15/h3-6,16H,1H2,2H3. The lowest BCUT2D eigenvalue weighted by Gasteiger charge is -2.09. The molecule has 0 saturated heterocycles. The maximum Gasteiger partial charge on any atom is 0.172 e. The highest BCUT2D eigenvalue weighted by Gasteiger charge is 2.13. The maximum absolute atomic E-state index is 13.6. The van der Waals surface area contributed by atoms with Crippen molar-refractivity contribution < 1.29 is 13.9 Å². The summed E-state index contributed by atoms with van der Waals surface area (Å²) in [6.07, 6.45) is 1.35. The first-order valence-electron chi connectivity index (χ1n) is 4.79. The number of aromatic hydroxyl groups is 1. The van der Waals surface area contributed by atoms with Gasteiger partial charge < -0.3 is 5.11 Å². The summed E-state index contributed by atoms with van der Waals surface area (Å²) in [5.41, 5.74) is 0.872. The molecule has 1 N–H and O–H groups in total. The summed E-state index contributed by atoms with van der Waals surface area (Å²) < 4.78 is 27.1. The molecule has 2 aromatic rings. The molecular weight excluding hydrogens is 210 g/mol. The molecule has 82 valence electrons. The predicted molar refractivity (Wildman–Crippen MR) is 60.4 cm³/mol. The molecule has 0 aliphatic heterocycles. The van der Waals surface area contributed by atoms with Crippen molar-refractivity contribution in [3.05, 3.63) is 47.5 Å². The van der Waals surface area contributed by atoms with E-state index < -0.39 is 17.4 Å². The molecule has 2 rings (SSSR count). The van der Waals surface area contributed by atoms with Crippen LogP contribution in [-0.2, 0) is 0 Å². The number of hydrogen-bond acceptors (Lipinski definition) is 1. The highest BCUT2D eigenvalue weighted by atomic mass is 19.1. The molecule has 0 bridgehead atoms. The molecule has 0 aliphatic carbocycles. The Labute approximate surface area is 91.6 Å². The van der Waals surface area contributed by atoms with Crippen LogP contribution < -0.4 is 0 Å². The van der Waals surface area contributed by atoms with Gasteiger partial charge in [0.25, 0.3) is 0 Å². The van der Waals surface area contributed by atoms with Gasteiger partial charge in [0.15, 0.2) is 11.6 Å². The highest BCUT2D eigenvalue weighted by molar-refractivity contribution is 5.94. The number of fused-ring (bicyclic) bond motifs is 1. The second-order valence-corrected chi connectivity index (χ2v) is 3.61. The van der Waals surface area contributed by atoms with Crippen LogP contribution >= 0.6 is 0 Å². The SMILES string of the molecule is C=Cc1c(F)ccc2c(F)c(O)cc(C)c12. The van der Waals surface area contributed by atoms with Crippen molar-refractivity contribution in [3.8, 4) is 5.75 Å². The lowest BCUT2D eigenvalue weighted by molar-refractivity contribution is 0.435. The van der Waals surface area contributed by atoms with Crippen molar-refractivity contribution in [1.29, 1.82) is 0 Å². The molecule has 0 saturated carbocycles. The van der Waals surface area contributed by atoms with Gasteiger partial charge in [-0.2, -0.15) is 0 Å². The van der Waals surface area contributed by atoms with Crippen molar-refractivity contribution in [3.63, 3.8) is 0 Å². The summed E-state index contributed by atoms with van der Waals surface area (Å²) in [4.78, 5) is 0. The van der Waals surface area contributed by atoms with Crippen LogP contribution in [0.1, 0.15) is 11.1 Å². The molecule has 0 atom stereocenters. The van der Waals surface area contributed by atoms with Gasteiger partial charge >= 0.3 is 0 Å². The Hall–Kier alpha value is -1.90. The molecule has 0 amide bonds. The van der Waals surface area contributed by atoms with Gasteiger partial charge in [-0.1, -0.05) is 12.7 Å². The van der Waals surface area contributed by atoms with E-state index >= 15 is 0 Å². The average Bonchev–Trinajstić information content (AvgIpc) is 2.25. The average molecular weight is 220 g/mol. The third-order valence-electron chi connectivity index (χ3n) is 2.61. The number of benzene rings is 2. The number of phenols is 1. The van der Waals surface area contributed by atoms with Crippen LogP contribution in [0, 0.1) is 18.6 Å². The summed E-state index contributed by atoms with van der Waals surface area (Å²) >= 11 is 0. The van der Waals surface area contributed by atoms with Gasteiger partial charge in [0.1, 0.15) is 5.82 Å². The van der Waals surface area contributed by atoms with Gasteiger partial charge in [-0.3, -0.25) is 0 Å². The van der Waals surface area contributed by atoms with Crippen LogP contribution in [0.4, 0.5) is 8.78 Å². The van der Waals surface area contributed by atoms with Crippen LogP contribution in [-0.4, -0.2) is 5.11 Å². The first kappa shape index (κ1) is 10.6. The van der Waals surface area contributed by atoms with Gasteiger partial charge in [-0.15, -0.1) is 0 Å². The third kappa shape index (κ3) is 1.36. The minimum Gasteiger partial charge on any atom is -0.505 e. The maximum atomic E-state index is 13.6. The van der Waals surface area contributed by atoms with Crippen molar-refractivity contribution >= 4 is 16.8 Å². The molecule has 2 aromatic carbocycles. The van der Waals surface area contributed by atoms with Crippen LogP contribution in [0.3, 0.4) is 0 Å². The van der Waals surface area contributed by atoms with E-state index in [0.29, 0.717) is 10.9 Å². The monoisotopic (exact) mass is 220 g/mol. The van der Waals surface area contributed by atoms with Crippen LogP contribution in [0.25, 0.3) is 16.8 Å². The molecule has 3 heteroatoms. The molecular formula is C13H10F2O. The van der Waals surface area contributed by atoms with E-state index in [9.17, 15) is 13.9 Å². The Kier molecular flexibility index (Phi) is 2.38. The fourth-order valence-corrected chi connectivity index (χ4v) is 1.88. The zero-order valence-corrected chi connectivity index (χ0v) is 8.72. The molecule has 0 unspecified atom stereocenters. The normalized spacial score (nSPS) is 10.7. The number of hydrogen-bond donors (Lipinski definition) is 1. The number of rotatable bonds is 1. The number of aryl methyl sites for hydroxylation is 1. The number of phenolic OH excluding ortho intramolecular Hbond substituents is 1. The van der Waals surface area contributed by atoms with Gasteiger partial charge in [-0.05, 0) is 36.1 Å². The zero-order chi connectivity index (χ0) is 11.9. The summed E-state index contributed by atoms with van der Waals surface area (Å²) in [5.74, 6) is -1.61. The summed E-state index contributed by atoms with van der Waals surface area (Å²) in [6.45, 7) is 5.20. The van der Waals surface area contributed by atoms with Crippen LogP contribution in [0.15, 0.2) is 24.8 Å². The summed E-state index contributed by atoms with van der Waals surface area (Å²) in [7, 11) is 0. The minimum atomic E-state index is -0.733. The highest BCUT2D eigenvalue weighted by Crippen LogP contribution is 2.32. The van der Waals surface area contributed by atoms with Gasteiger partial charge in [-0.25, -0.2) is 8.78 Å². The molecule has 0 fully saturated rings.